The van der Waals surface area contributed by atoms with Crippen LogP contribution < -0.4 is 9.47 Å². The molecule has 1 heterocycles. The molecule has 0 bridgehead atoms. The Hall–Kier alpha value is -1.95. The third-order valence-corrected chi connectivity index (χ3v) is 4.47. The fraction of sp³-hybridized carbons (Fsp3) is 0.375. The topological polar surface area (TPSA) is 55.8 Å². The van der Waals surface area contributed by atoms with Crippen molar-refractivity contribution >= 4 is 29.0 Å². The Kier molecular flexibility index (Phi) is 5.13. The number of benzene rings is 1. The molecule has 1 fully saturated rings. The van der Waals surface area contributed by atoms with Gasteiger partial charge in [-0.2, -0.15) is 0 Å². The maximum absolute atomic E-state index is 12.4. The zero-order valence-electron chi connectivity index (χ0n) is 13.1. The van der Waals surface area contributed by atoms with Crippen LogP contribution in [-0.4, -0.2) is 36.3 Å². The number of carbonyl (C=O) groups is 2. The number of hydrogen-bond donors (Lipinski definition) is 0. The van der Waals surface area contributed by atoms with E-state index in [-0.39, 0.29) is 17.2 Å². The number of hydrogen-bond acceptors (Lipinski definition) is 5. The van der Waals surface area contributed by atoms with Crippen molar-refractivity contribution in [2.75, 3.05) is 14.2 Å². The van der Waals surface area contributed by atoms with Gasteiger partial charge in [0.25, 0.3) is 11.1 Å². The van der Waals surface area contributed by atoms with Gasteiger partial charge in [-0.25, -0.2) is 0 Å². The van der Waals surface area contributed by atoms with Crippen LogP contribution in [0.3, 0.4) is 0 Å². The van der Waals surface area contributed by atoms with Crippen LogP contribution in [0, 0.1) is 0 Å². The number of amides is 2. The lowest BCUT2D eigenvalue weighted by molar-refractivity contribution is -0.124. The Balaban J connectivity index is 2.34. The molecule has 0 aliphatic carbocycles. The first-order valence-corrected chi connectivity index (χ1v) is 7.82. The van der Waals surface area contributed by atoms with E-state index in [2.05, 4.69) is 0 Å². The van der Waals surface area contributed by atoms with Gasteiger partial charge in [0, 0.05) is 17.7 Å². The van der Waals surface area contributed by atoms with Gasteiger partial charge in [0.15, 0.2) is 0 Å². The highest BCUT2D eigenvalue weighted by Crippen LogP contribution is 2.36. The van der Waals surface area contributed by atoms with E-state index in [1.54, 1.807) is 38.5 Å². The van der Waals surface area contributed by atoms with E-state index < -0.39 is 0 Å². The summed E-state index contributed by atoms with van der Waals surface area (Å²) in [7, 11) is 3.13. The molecule has 1 aromatic carbocycles. The smallest absolute Gasteiger partial charge is 0.293 e. The summed E-state index contributed by atoms with van der Waals surface area (Å²) < 4.78 is 10.5. The van der Waals surface area contributed by atoms with Gasteiger partial charge in [-0.1, -0.05) is 6.92 Å². The summed E-state index contributed by atoms with van der Waals surface area (Å²) in [5.41, 5.74) is 0.734. The van der Waals surface area contributed by atoms with Gasteiger partial charge in [-0.05, 0) is 43.3 Å². The number of methoxy groups -OCH3 is 2. The Morgan fingerprint density at radius 1 is 1.27 bits per heavy atom. The third-order valence-electron chi connectivity index (χ3n) is 3.58. The van der Waals surface area contributed by atoms with Crippen molar-refractivity contribution in [3.05, 3.63) is 28.7 Å². The van der Waals surface area contributed by atoms with Gasteiger partial charge in [-0.3, -0.25) is 14.5 Å². The van der Waals surface area contributed by atoms with E-state index in [0.29, 0.717) is 16.4 Å². The number of nitrogens with zero attached hydrogens (tertiary/aromatic N) is 1. The largest absolute Gasteiger partial charge is 0.497 e. The molecule has 0 spiro atoms. The molecule has 6 heteroatoms. The zero-order chi connectivity index (χ0) is 16.3. The molecule has 2 amide bonds. The lowest BCUT2D eigenvalue weighted by atomic mass is 10.1. The van der Waals surface area contributed by atoms with Crippen LogP contribution >= 0.6 is 11.8 Å². The van der Waals surface area contributed by atoms with E-state index in [9.17, 15) is 9.59 Å². The van der Waals surface area contributed by atoms with E-state index in [0.717, 1.165) is 23.7 Å². The van der Waals surface area contributed by atoms with Crippen LogP contribution in [0.25, 0.3) is 6.08 Å². The first-order chi connectivity index (χ1) is 10.5. The molecule has 0 saturated carbocycles. The first kappa shape index (κ1) is 16.4. The summed E-state index contributed by atoms with van der Waals surface area (Å²) in [4.78, 5) is 26.1. The fourth-order valence-corrected chi connectivity index (χ4v) is 3.04. The molecule has 0 N–H and O–H groups in total. The Morgan fingerprint density at radius 3 is 2.59 bits per heavy atom. The quantitative estimate of drug-likeness (QED) is 0.776. The molecule has 1 aromatic rings. The molecule has 1 atom stereocenters. The number of ether oxygens (including phenoxy) is 2. The highest BCUT2D eigenvalue weighted by molar-refractivity contribution is 8.18. The van der Waals surface area contributed by atoms with Gasteiger partial charge in [0.05, 0.1) is 19.1 Å². The van der Waals surface area contributed by atoms with Gasteiger partial charge < -0.3 is 9.47 Å². The average molecular weight is 321 g/mol. The number of carbonyl (C=O) groups excluding carboxylic acids is 2. The summed E-state index contributed by atoms with van der Waals surface area (Å²) in [5, 5.41) is -0.224. The van der Waals surface area contributed by atoms with Crippen LogP contribution in [0.2, 0.25) is 0 Å². The molecule has 0 aromatic heterocycles. The van der Waals surface area contributed by atoms with Crippen molar-refractivity contribution < 1.29 is 19.1 Å². The van der Waals surface area contributed by atoms with Crippen molar-refractivity contribution in [3.8, 4) is 11.5 Å². The highest BCUT2D eigenvalue weighted by Gasteiger charge is 2.37. The van der Waals surface area contributed by atoms with Gasteiger partial charge in [0.2, 0.25) is 0 Å². The number of rotatable bonds is 5. The Bertz CT molecular complexity index is 627. The SMILES string of the molecule is CCC(C)N1C(=O)S/C(=C/c2ccc(OC)cc2OC)C1=O. The van der Waals surface area contributed by atoms with Crippen LogP contribution in [0.1, 0.15) is 25.8 Å². The molecule has 118 valence electrons. The standard InChI is InChI=1S/C16H19NO4S/c1-5-10(2)17-15(18)14(22-16(17)19)8-11-6-7-12(20-3)9-13(11)21-4/h6-10H,5H2,1-4H3/b14-8+. The highest BCUT2D eigenvalue weighted by atomic mass is 32.2. The predicted molar refractivity (Wildman–Crippen MR) is 87.1 cm³/mol. The molecule has 1 unspecified atom stereocenters. The molecule has 1 aliphatic rings. The fourth-order valence-electron chi connectivity index (χ4n) is 2.12. The minimum atomic E-state index is -0.248. The lowest BCUT2D eigenvalue weighted by Crippen LogP contribution is -2.36. The number of thioether (sulfide) groups is 1. The summed E-state index contributed by atoms with van der Waals surface area (Å²) in [6, 6.07) is 5.23. The summed E-state index contributed by atoms with van der Waals surface area (Å²) in [6.07, 6.45) is 2.42. The van der Waals surface area contributed by atoms with Crippen LogP contribution in [0.4, 0.5) is 4.79 Å². The van der Waals surface area contributed by atoms with Gasteiger partial charge in [0.1, 0.15) is 11.5 Å². The summed E-state index contributed by atoms with van der Waals surface area (Å²) in [5.74, 6) is 1.01. The van der Waals surface area contributed by atoms with Crippen molar-refractivity contribution in [2.45, 2.75) is 26.3 Å². The average Bonchev–Trinajstić information content (AvgIpc) is 2.81. The monoisotopic (exact) mass is 321 g/mol. The molecular weight excluding hydrogens is 302 g/mol. The van der Waals surface area contributed by atoms with Crippen molar-refractivity contribution in [1.82, 2.24) is 4.90 Å². The van der Waals surface area contributed by atoms with E-state index in [1.807, 2.05) is 13.8 Å². The second-order valence-electron chi connectivity index (χ2n) is 4.92. The minimum absolute atomic E-state index is 0.101. The normalized spacial score (nSPS) is 18.0. The second kappa shape index (κ2) is 6.87. The second-order valence-corrected chi connectivity index (χ2v) is 5.91. The minimum Gasteiger partial charge on any atom is -0.497 e. The van der Waals surface area contributed by atoms with Crippen molar-refractivity contribution in [2.24, 2.45) is 0 Å². The Morgan fingerprint density at radius 2 is 2.00 bits per heavy atom. The predicted octanol–water partition coefficient (Wildman–Crippen LogP) is 3.54. The molecule has 1 aliphatic heterocycles. The molecule has 5 nitrogen and oxygen atoms in total. The van der Waals surface area contributed by atoms with Crippen LogP contribution in [0.15, 0.2) is 23.1 Å². The Labute approximate surface area is 134 Å². The maximum Gasteiger partial charge on any atom is 0.293 e. The van der Waals surface area contributed by atoms with E-state index in [1.165, 1.54) is 4.90 Å². The van der Waals surface area contributed by atoms with Crippen molar-refractivity contribution in [1.29, 1.82) is 0 Å². The van der Waals surface area contributed by atoms with Crippen molar-refractivity contribution in [3.63, 3.8) is 0 Å². The first-order valence-electron chi connectivity index (χ1n) is 7.00. The van der Waals surface area contributed by atoms with Crippen LogP contribution in [0.5, 0.6) is 11.5 Å². The molecule has 22 heavy (non-hydrogen) atoms. The molecule has 0 radical (unpaired) electrons. The van der Waals surface area contributed by atoms with E-state index in [4.69, 9.17) is 9.47 Å². The van der Waals surface area contributed by atoms with Gasteiger partial charge in [-0.15, -0.1) is 0 Å². The van der Waals surface area contributed by atoms with E-state index >= 15 is 0 Å². The molecular formula is C16H19NO4S. The summed E-state index contributed by atoms with van der Waals surface area (Å²) >= 11 is 0.961. The zero-order valence-corrected chi connectivity index (χ0v) is 13.9. The number of imide groups is 1. The third kappa shape index (κ3) is 3.11. The molecule has 1 saturated heterocycles. The summed E-state index contributed by atoms with van der Waals surface area (Å²) in [6.45, 7) is 3.82. The lowest BCUT2D eigenvalue weighted by Gasteiger charge is -2.19. The molecule has 2 rings (SSSR count). The van der Waals surface area contributed by atoms with Gasteiger partial charge >= 0.3 is 0 Å². The van der Waals surface area contributed by atoms with Crippen LogP contribution in [-0.2, 0) is 4.79 Å². The maximum atomic E-state index is 12.4.